The van der Waals surface area contributed by atoms with Gasteiger partial charge in [-0.15, -0.1) is 0 Å². The van der Waals surface area contributed by atoms with Crippen molar-refractivity contribution in [2.24, 2.45) is 0 Å². The molecule has 0 saturated carbocycles. The van der Waals surface area contributed by atoms with Gasteiger partial charge >= 0.3 is 0 Å². The van der Waals surface area contributed by atoms with Gasteiger partial charge in [0.2, 0.25) is 5.91 Å². The first kappa shape index (κ1) is 18.2. The first-order valence-corrected chi connectivity index (χ1v) is 8.84. The Balaban J connectivity index is 1.67. The molecule has 1 aliphatic rings. The molecule has 1 fully saturated rings. The van der Waals surface area contributed by atoms with Gasteiger partial charge in [-0.25, -0.2) is 0 Å². The lowest BCUT2D eigenvalue weighted by Crippen LogP contribution is -2.48. The van der Waals surface area contributed by atoms with Crippen molar-refractivity contribution in [1.29, 1.82) is 0 Å². The normalized spacial score (nSPS) is 17.0. The molecule has 2 heterocycles. The maximum absolute atomic E-state index is 12.9. The summed E-state index contributed by atoms with van der Waals surface area (Å²) >= 11 is 0. The van der Waals surface area contributed by atoms with Gasteiger partial charge in [0.15, 0.2) is 11.5 Å². The summed E-state index contributed by atoms with van der Waals surface area (Å²) in [6, 6.07) is 9.76. The van der Waals surface area contributed by atoms with Crippen LogP contribution in [0, 0.1) is 0 Å². The molecule has 1 aliphatic heterocycles. The minimum atomic E-state index is 0.0374. The predicted octanol–water partition coefficient (Wildman–Crippen LogP) is 2.20. The molecule has 1 aromatic heterocycles. The monoisotopic (exact) mass is 355 g/mol. The molecular weight excluding hydrogens is 330 g/mol. The summed E-state index contributed by atoms with van der Waals surface area (Å²) < 4.78 is 10.6. The molecule has 2 aromatic rings. The number of nitrogens with zero attached hydrogens (tertiary/aromatic N) is 2. The molecule has 26 heavy (non-hydrogen) atoms. The number of benzene rings is 1. The van der Waals surface area contributed by atoms with Crippen molar-refractivity contribution in [3.63, 3.8) is 0 Å². The van der Waals surface area contributed by atoms with Crippen molar-refractivity contribution in [2.75, 3.05) is 33.9 Å². The van der Waals surface area contributed by atoms with E-state index in [9.17, 15) is 4.79 Å². The molecule has 1 amide bonds. The van der Waals surface area contributed by atoms with E-state index in [2.05, 4.69) is 10.3 Å². The number of pyridine rings is 1. The van der Waals surface area contributed by atoms with Gasteiger partial charge < -0.3 is 19.7 Å². The molecule has 6 heteroatoms. The van der Waals surface area contributed by atoms with Crippen molar-refractivity contribution in [2.45, 2.75) is 18.9 Å². The zero-order valence-corrected chi connectivity index (χ0v) is 15.3. The van der Waals surface area contributed by atoms with Crippen molar-refractivity contribution < 1.29 is 14.3 Å². The molecule has 1 aromatic carbocycles. The number of methoxy groups -OCH3 is 2. The Labute approximate surface area is 154 Å². The van der Waals surface area contributed by atoms with E-state index in [4.69, 9.17) is 9.47 Å². The van der Waals surface area contributed by atoms with Crippen LogP contribution in [0.4, 0.5) is 0 Å². The van der Waals surface area contributed by atoms with E-state index in [0.717, 1.165) is 24.2 Å². The molecule has 138 valence electrons. The van der Waals surface area contributed by atoms with Crippen LogP contribution in [0.25, 0.3) is 0 Å². The van der Waals surface area contributed by atoms with Crippen LogP contribution in [-0.2, 0) is 11.2 Å². The summed E-state index contributed by atoms with van der Waals surface area (Å²) in [6.07, 6.45) is 4.73. The second kappa shape index (κ2) is 8.67. The summed E-state index contributed by atoms with van der Waals surface area (Å²) in [6.45, 7) is 2.29. The number of nitrogens with one attached hydrogen (secondary N) is 1. The summed E-state index contributed by atoms with van der Waals surface area (Å²) in [4.78, 5) is 19.0. The highest BCUT2D eigenvalue weighted by Crippen LogP contribution is 2.28. The van der Waals surface area contributed by atoms with Gasteiger partial charge in [0.05, 0.1) is 20.3 Å². The fourth-order valence-corrected chi connectivity index (χ4v) is 3.30. The third-order valence-corrected chi connectivity index (χ3v) is 4.71. The largest absolute Gasteiger partial charge is 0.493 e. The summed E-state index contributed by atoms with van der Waals surface area (Å²) in [5, 5.41) is 3.37. The summed E-state index contributed by atoms with van der Waals surface area (Å²) in [5.41, 5.74) is 2.13. The molecule has 6 nitrogen and oxygen atoms in total. The van der Waals surface area contributed by atoms with E-state index in [1.54, 1.807) is 20.4 Å². The average Bonchev–Trinajstić information content (AvgIpc) is 2.72. The van der Waals surface area contributed by atoms with Crippen LogP contribution in [0.5, 0.6) is 11.5 Å². The Morgan fingerprint density at radius 3 is 2.85 bits per heavy atom. The molecule has 1 unspecified atom stereocenters. The fraction of sp³-hybridized carbons (Fsp3) is 0.400. The number of ether oxygens (including phenoxy) is 2. The van der Waals surface area contributed by atoms with E-state index in [1.165, 1.54) is 0 Å². The Morgan fingerprint density at radius 1 is 1.27 bits per heavy atom. The fourth-order valence-electron chi connectivity index (χ4n) is 3.30. The highest BCUT2D eigenvalue weighted by molar-refractivity contribution is 5.77. The van der Waals surface area contributed by atoms with E-state index in [-0.39, 0.29) is 11.9 Å². The molecule has 1 saturated heterocycles. The minimum absolute atomic E-state index is 0.0374. The van der Waals surface area contributed by atoms with E-state index in [0.29, 0.717) is 30.9 Å². The lowest BCUT2D eigenvalue weighted by molar-refractivity contribution is -0.134. The first-order chi connectivity index (χ1) is 12.7. The predicted molar refractivity (Wildman–Crippen MR) is 99.4 cm³/mol. The quantitative estimate of drug-likeness (QED) is 0.861. The van der Waals surface area contributed by atoms with Crippen LogP contribution in [-0.4, -0.2) is 49.6 Å². The number of hydrogen-bond donors (Lipinski definition) is 1. The Kier molecular flexibility index (Phi) is 6.07. The van der Waals surface area contributed by atoms with Gasteiger partial charge in [0.25, 0.3) is 0 Å². The van der Waals surface area contributed by atoms with Crippen LogP contribution < -0.4 is 14.8 Å². The van der Waals surface area contributed by atoms with Crippen molar-refractivity contribution in [3.05, 3.63) is 53.9 Å². The lowest BCUT2D eigenvalue weighted by Gasteiger charge is -2.36. The van der Waals surface area contributed by atoms with Crippen molar-refractivity contribution >= 4 is 5.91 Å². The number of amides is 1. The van der Waals surface area contributed by atoms with Gasteiger partial charge in [-0.3, -0.25) is 9.78 Å². The molecule has 0 radical (unpaired) electrons. The second-order valence-electron chi connectivity index (χ2n) is 6.28. The zero-order chi connectivity index (χ0) is 18.4. The van der Waals surface area contributed by atoms with Crippen molar-refractivity contribution in [1.82, 2.24) is 15.2 Å². The number of hydrogen-bond acceptors (Lipinski definition) is 5. The number of rotatable bonds is 6. The van der Waals surface area contributed by atoms with Crippen molar-refractivity contribution in [3.8, 4) is 11.5 Å². The number of aryl methyl sites for hydroxylation is 1. The molecule has 0 bridgehead atoms. The molecule has 3 rings (SSSR count). The zero-order valence-electron chi connectivity index (χ0n) is 15.3. The van der Waals surface area contributed by atoms with Crippen LogP contribution >= 0.6 is 0 Å². The van der Waals surface area contributed by atoms with Gasteiger partial charge in [-0.2, -0.15) is 0 Å². The van der Waals surface area contributed by atoms with Gasteiger partial charge in [0, 0.05) is 38.4 Å². The van der Waals surface area contributed by atoms with Crippen LogP contribution in [0.1, 0.15) is 23.6 Å². The highest BCUT2D eigenvalue weighted by Gasteiger charge is 2.27. The van der Waals surface area contributed by atoms with E-state index in [1.807, 2.05) is 41.4 Å². The molecule has 1 atom stereocenters. The third-order valence-electron chi connectivity index (χ3n) is 4.71. The molecular formula is C20H25N3O3. The van der Waals surface area contributed by atoms with E-state index >= 15 is 0 Å². The standard InChI is InChI=1S/C20H25N3O3/c1-25-18-7-5-15(12-19(18)26-2)6-8-20(24)23-11-10-22-14-17(23)16-4-3-9-21-13-16/h3-5,7,9,12-13,17,22H,6,8,10-11,14H2,1-2H3. The topological polar surface area (TPSA) is 63.7 Å². The second-order valence-corrected chi connectivity index (χ2v) is 6.28. The number of aromatic nitrogens is 1. The van der Waals surface area contributed by atoms with Crippen LogP contribution in [0.15, 0.2) is 42.7 Å². The Morgan fingerprint density at radius 2 is 2.12 bits per heavy atom. The summed E-state index contributed by atoms with van der Waals surface area (Å²) in [5.74, 6) is 1.55. The smallest absolute Gasteiger partial charge is 0.223 e. The lowest BCUT2D eigenvalue weighted by atomic mass is 10.0. The van der Waals surface area contributed by atoms with E-state index < -0.39 is 0 Å². The number of carbonyl (C=O) groups excluding carboxylic acids is 1. The highest BCUT2D eigenvalue weighted by atomic mass is 16.5. The van der Waals surface area contributed by atoms with Gasteiger partial charge in [-0.1, -0.05) is 12.1 Å². The van der Waals surface area contributed by atoms with Gasteiger partial charge in [-0.05, 0) is 35.7 Å². The number of piperazine rings is 1. The minimum Gasteiger partial charge on any atom is -0.493 e. The molecule has 1 N–H and O–H groups in total. The SMILES string of the molecule is COc1ccc(CCC(=O)N2CCNCC2c2cccnc2)cc1OC. The number of carbonyl (C=O) groups is 1. The summed E-state index contributed by atoms with van der Waals surface area (Å²) in [7, 11) is 3.23. The van der Waals surface area contributed by atoms with Crippen LogP contribution in [0.3, 0.4) is 0 Å². The molecule has 0 spiro atoms. The maximum atomic E-state index is 12.9. The van der Waals surface area contributed by atoms with Gasteiger partial charge in [0.1, 0.15) is 0 Å². The maximum Gasteiger partial charge on any atom is 0.223 e. The Hall–Kier alpha value is -2.60. The third kappa shape index (κ3) is 4.14. The molecule has 0 aliphatic carbocycles. The average molecular weight is 355 g/mol. The van der Waals surface area contributed by atoms with Crippen LogP contribution in [0.2, 0.25) is 0 Å². The Bertz CT molecular complexity index is 736. The first-order valence-electron chi connectivity index (χ1n) is 8.84.